The fraction of sp³-hybridized carbons (Fsp3) is 1.00. The normalized spacial score (nSPS) is 50.5. The van der Waals surface area contributed by atoms with E-state index in [9.17, 15) is 15.4 Å². The van der Waals surface area contributed by atoms with Crippen LogP contribution in [-0.2, 0) is 4.74 Å². The molecule has 0 aliphatic carbocycles. The molecule has 3 fully saturated rings. The Morgan fingerprint density at radius 2 is 2.00 bits per heavy atom. The summed E-state index contributed by atoms with van der Waals surface area (Å²) in [5.74, 6) is 0. The SMILES string of the molecule is NC1C2NCN(C3OC(CO)C(O)C3O)C2NCN1[O-]. The van der Waals surface area contributed by atoms with Gasteiger partial charge >= 0.3 is 0 Å². The van der Waals surface area contributed by atoms with Crippen LogP contribution < -0.4 is 16.4 Å². The number of hydroxylamine groups is 2. The standard InChI is InChI=1S/C10H20N5O5/c11-8-5-9(13-3-15(8)19)14(2-12-5)10-7(18)6(17)4(1-16)20-10/h4-10,12-13,16-18H,1-3,11H2/q-1. The lowest BCUT2D eigenvalue weighted by atomic mass is 10.1. The molecule has 0 aromatic rings. The van der Waals surface area contributed by atoms with E-state index in [2.05, 4.69) is 10.6 Å². The molecule has 3 rings (SSSR count). The van der Waals surface area contributed by atoms with Crippen LogP contribution in [0.1, 0.15) is 0 Å². The summed E-state index contributed by atoms with van der Waals surface area (Å²) >= 11 is 0. The molecule has 7 N–H and O–H groups in total. The molecule has 3 aliphatic rings. The van der Waals surface area contributed by atoms with E-state index in [1.165, 1.54) is 0 Å². The summed E-state index contributed by atoms with van der Waals surface area (Å²) < 4.78 is 5.49. The van der Waals surface area contributed by atoms with E-state index in [1.807, 2.05) is 0 Å². The van der Waals surface area contributed by atoms with Gasteiger partial charge in [-0.25, -0.2) is 4.90 Å². The van der Waals surface area contributed by atoms with Crippen molar-refractivity contribution in [3.63, 3.8) is 0 Å². The topological polar surface area (TPSA) is 150 Å². The van der Waals surface area contributed by atoms with Gasteiger partial charge in [-0.3, -0.25) is 10.6 Å². The van der Waals surface area contributed by atoms with E-state index in [0.29, 0.717) is 6.67 Å². The third kappa shape index (κ3) is 2.14. The fourth-order valence-corrected chi connectivity index (χ4v) is 3.05. The van der Waals surface area contributed by atoms with Crippen molar-refractivity contribution in [3.8, 4) is 0 Å². The third-order valence-corrected chi connectivity index (χ3v) is 4.21. The van der Waals surface area contributed by atoms with Gasteiger partial charge < -0.3 is 36.1 Å². The Labute approximate surface area is 115 Å². The predicted molar refractivity (Wildman–Crippen MR) is 66.4 cm³/mol. The highest BCUT2D eigenvalue weighted by atomic mass is 16.6. The minimum atomic E-state index is -1.14. The molecule has 3 saturated heterocycles. The number of hydrogen-bond donors (Lipinski definition) is 6. The maximum atomic E-state index is 11.5. The Morgan fingerprint density at radius 1 is 1.25 bits per heavy atom. The van der Waals surface area contributed by atoms with Crippen molar-refractivity contribution in [1.82, 2.24) is 20.6 Å². The van der Waals surface area contributed by atoms with E-state index in [-0.39, 0.29) is 25.5 Å². The fourth-order valence-electron chi connectivity index (χ4n) is 3.05. The van der Waals surface area contributed by atoms with Gasteiger partial charge in [0.1, 0.15) is 24.5 Å². The van der Waals surface area contributed by atoms with Crippen molar-refractivity contribution in [2.75, 3.05) is 19.9 Å². The molecular formula is C10H20N5O5-. The molecule has 3 heterocycles. The van der Waals surface area contributed by atoms with E-state index in [0.717, 1.165) is 5.06 Å². The second kappa shape index (κ2) is 5.42. The number of nitrogens with two attached hydrogens (primary N) is 1. The molecule has 7 atom stereocenters. The second-order valence-corrected chi connectivity index (χ2v) is 5.35. The van der Waals surface area contributed by atoms with Gasteiger partial charge in [0.05, 0.1) is 31.6 Å². The van der Waals surface area contributed by atoms with Crippen LogP contribution in [0.15, 0.2) is 0 Å². The molecular weight excluding hydrogens is 270 g/mol. The number of aliphatic hydroxyl groups excluding tert-OH is 3. The molecule has 3 aliphatic heterocycles. The van der Waals surface area contributed by atoms with Crippen molar-refractivity contribution in [2.45, 2.75) is 42.9 Å². The van der Waals surface area contributed by atoms with Gasteiger partial charge in [-0.15, -0.1) is 0 Å². The van der Waals surface area contributed by atoms with Gasteiger partial charge in [0, 0.05) is 6.67 Å². The first-order valence-corrected chi connectivity index (χ1v) is 6.59. The maximum Gasteiger partial charge on any atom is 0.142 e. The number of aliphatic hydroxyl groups is 3. The summed E-state index contributed by atoms with van der Waals surface area (Å²) in [4.78, 5) is 1.76. The Bertz CT molecular complexity index is 363. The summed E-state index contributed by atoms with van der Waals surface area (Å²) in [6.07, 6.45) is -4.82. The average molecular weight is 290 g/mol. The van der Waals surface area contributed by atoms with Crippen molar-refractivity contribution in [2.24, 2.45) is 5.73 Å². The number of nitrogens with zero attached hydrogens (tertiary/aromatic N) is 2. The summed E-state index contributed by atoms with van der Waals surface area (Å²) in [5, 5.41) is 47.3. The van der Waals surface area contributed by atoms with E-state index in [4.69, 9.17) is 15.6 Å². The molecule has 0 spiro atoms. The number of fused-ring (bicyclic) bond motifs is 1. The number of rotatable bonds is 2. The minimum absolute atomic E-state index is 0.0787. The lowest BCUT2D eigenvalue weighted by Gasteiger charge is -2.47. The van der Waals surface area contributed by atoms with Crippen LogP contribution in [0.25, 0.3) is 0 Å². The van der Waals surface area contributed by atoms with Crippen LogP contribution in [0.2, 0.25) is 0 Å². The maximum absolute atomic E-state index is 11.5. The average Bonchev–Trinajstić information content (AvgIpc) is 2.98. The Balaban J connectivity index is 1.73. The van der Waals surface area contributed by atoms with E-state index >= 15 is 0 Å². The van der Waals surface area contributed by atoms with E-state index in [1.54, 1.807) is 4.90 Å². The molecule has 0 saturated carbocycles. The van der Waals surface area contributed by atoms with Crippen LogP contribution in [0.4, 0.5) is 0 Å². The quantitative estimate of drug-likeness (QED) is 0.294. The molecule has 0 radical (unpaired) electrons. The van der Waals surface area contributed by atoms with E-state index < -0.39 is 30.7 Å². The van der Waals surface area contributed by atoms with Crippen LogP contribution in [0, 0.1) is 5.21 Å². The number of ether oxygens (including phenoxy) is 1. The van der Waals surface area contributed by atoms with Gasteiger partial charge in [-0.05, 0) is 0 Å². The molecule has 7 unspecified atom stereocenters. The van der Waals surface area contributed by atoms with Crippen molar-refractivity contribution in [3.05, 3.63) is 5.21 Å². The Morgan fingerprint density at radius 3 is 2.65 bits per heavy atom. The van der Waals surface area contributed by atoms with Gasteiger partial charge in [0.15, 0.2) is 0 Å². The monoisotopic (exact) mass is 290 g/mol. The highest BCUT2D eigenvalue weighted by Crippen LogP contribution is 2.28. The highest BCUT2D eigenvalue weighted by Gasteiger charge is 2.51. The molecule has 0 aromatic heterocycles. The van der Waals surface area contributed by atoms with Crippen LogP contribution in [0.5, 0.6) is 0 Å². The minimum Gasteiger partial charge on any atom is -0.783 e. The number of hydrogen-bond acceptors (Lipinski definition) is 10. The van der Waals surface area contributed by atoms with Crippen LogP contribution in [-0.4, -0.2) is 88.1 Å². The first-order chi connectivity index (χ1) is 9.54. The largest absolute Gasteiger partial charge is 0.783 e. The molecule has 0 bridgehead atoms. The van der Waals surface area contributed by atoms with Crippen molar-refractivity contribution >= 4 is 0 Å². The molecule has 20 heavy (non-hydrogen) atoms. The van der Waals surface area contributed by atoms with Crippen molar-refractivity contribution < 1.29 is 20.1 Å². The Kier molecular flexibility index (Phi) is 3.94. The second-order valence-electron chi connectivity index (χ2n) is 5.35. The zero-order chi connectivity index (χ0) is 14.4. The summed E-state index contributed by atoms with van der Waals surface area (Å²) in [7, 11) is 0. The lowest BCUT2D eigenvalue weighted by molar-refractivity contribution is -0.113. The van der Waals surface area contributed by atoms with Crippen LogP contribution in [0.3, 0.4) is 0 Å². The zero-order valence-corrected chi connectivity index (χ0v) is 10.8. The zero-order valence-electron chi connectivity index (χ0n) is 10.8. The predicted octanol–water partition coefficient (Wildman–Crippen LogP) is -4.37. The van der Waals surface area contributed by atoms with Crippen LogP contribution >= 0.6 is 0 Å². The van der Waals surface area contributed by atoms with Gasteiger partial charge in [-0.2, -0.15) is 0 Å². The van der Waals surface area contributed by atoms with Crippen molar-refractivity contribution in [1.29, 1.82) is 0 Å². The molecule has 0 aromatic carbocycles. The third-order valence-electron chi connectivity index (χ3n) is 4.21. The molecule has 10 heteroatoms. The first-order valence-electron chi connectivity index (χ1n) is 6.59. The Hall–Kier alpha value is -0.400. The highest BCUT2D eigenvalue weighted by molar-refractivity contribution is 5.02. The summed E-state index contributed by atoms with van der Waals surface area (Å²) in [6, 6.07) is -0.303. The van der Waals surface area contributed by atoms with Gasteiger partial charge in [0.25, 0.3) is 0 Å². The summed E-state index contributed by atoms with van der Waals surface area (Å²) in [6.45, 7) is 0.0666. The summed E-state index contributed by atoms with van der Waals surface area (Å²) in [5.41, 5.74) is 5.83. The first kappa shape index (κ1) is 14.5. The molecule has 116 valence electrons. The smallest absolute Gasteiger partial charge is 0.142 e. The van der Waals surface area contributed by atoms with Gasteiger partial charge in [0.2, 0.25) is 0 Å². The molecule has 0 amide bonds. The number of nitrogens with one attached hydrogen (secondary N) is 2. The molecule has 10 nitrogen and oxygen atoms in total. The lowest BCUT2D eigenvalue weighted by Crippen LogP contribution is -2.68. The van der Waals surface area contributed by atoms with Gasteiger partial charge in [-0.1, -0.05) is 0 Å².